The quantitative estimate of drug-likeness (QED) is 0.621. The van der Waals surface area contributed by atoms with Crippen molar-refractivity contribution >= 4 is 17.1 Å². The van der Waals surface area contributed by atoms with Crippen molar-refractivity contribution in [3.63, 3.8) is 0 Å². The predicted octanol–water partition coefficient (Wildman–Crippen LogP) is 3.83. The number of benzene rings is 1. The number of imidazole rings is 1. The second-order valence-electron chi connectivity index (χ2n) is 7.18. The summed E-state index contributed by atoms with van der Waals surface area (Å²) in [5, 5.41) is 0. The molecule has 3 aromatic rings. The average molecular weight is 384 g/mol. The van der Waals surface area contributed by atoms with Gasteiger partial charge >= 0.3 is 0 Å². The van der Waals surface area contributed by atoms with Crippen LogP contribution in [-0.2, 0) is 11.3 Å². The Morgan fingerprint density at radius 1 is 1.25 bits per heavy atom. The van der Waals surface area contributed by atoms with Gasteiger partial charge in [-0.2, -0.15) is 0 Å². The lowest BCUT2D eigenvalue weighted by Crippen LogP contribution is -2.40. The van der Waals surface area contributed by atoms with E-state index >= 15 is 0 Å². The molecule has 0 radical (unpaired) electrons. The smallest absolute Gasteiger partial charge is 0.256 e. The Hall–Kier alpha value is -2.80. The third-order valence-electron chi connectivity index (χ3n) is 4.66. The summed E-state index contributed by atoms with van der Waals surface area (Å²) in [5.74, 6) is -0.520. The summed E-state index contributed by atoms with van der Waals surface area (Å²) in [6.45, 7) is 6.66. The van der Waals surface area contributed by atoms with Crippen molar-refractivity contribution < 1.29 is 13.9 Å². The van der Waals surface area contributed by atoms with Gasteiger partial charge in [0.05, 0.1) is 24.5 Å². The van der Waals surface area contributed by atoms with Crippen LogP contribution in [0.5, 0.6) is 0 Å². The van der Waals surface area contributed by atoms with Crippen LogP contribution < -0.4 is 0 Å². The summed E-state index contributed by atoms with van der Waals surface area (Å²) >= 11 is 0. The zero-order chi connectivity index (χ0) is 20.3. The van der Waals surface area contributed by atoms with Crippen molar-refractivity contribution in [1.82, 2.24) is 19.4 Å². The molecule has 1 unspecified atom stereocenters. The molecule has 148 valence electrons. The van der Waals surface area contributed by atoms with E-state index in [0.29, 0.717) is 17.7 Å². The minimum absolute atomic E-state index is 0.190. The lowest BCUT2D eigenvalue weighted by molar-refractivity contribution is 0.0541. The molecule has 1 amide bonds. The lowest BCUT2D eigenvalue weighted by Gasteiger charge is -2.29. The molecule has 1 atom stereocenters. The Bertz CT molecular complexity index is 970. The summed E-state index contributed by atoms with van der Waals surface area (Å²) in [6.07, 6.45) is 3.30. The molecule has 0 fully saturated rings. The number of carbonyl (C=O) groups is 1. The number of halogens is 1. The Balaban J connectivity index is 1.92. The van der Waals surface area contributed by atoms with Gasteiger partial charge in [-0.1, -0.05) is 12.1 Å². The number of carbonyl (C=O) groups excluding carboxylic acids is 1. The molecular weight excluding hydrogens is 359 g/mol. The standard InChI is InChI=1S/C21H25FN4O2/c1-14(2)26-13-24-19-9-17(10-23-20(19)26)21(27)25(15(3)12-28-4)11-16-6-5-7-18(22)8-16/h5-10,13-15H,11-12H2,1-4H3. The molecule has 3 rings (SSSR count). The van der Waals surface area contributed by atoms with E-state index in [4.69, 9.17) is 4.74 Å². The number of methoxy groups -OCH3 is 1. The molecule has 6 nitrogen and oxygen atoms in total. The number of hydrogen-bond donors (Lipinski definition) is 0. The predicted molar refractivity (Wildman–Crippen MR) is 106 cm³/mol. The van der Waals surface area contributed by atoms with Gasteiger partial charge in [0.2, 0.25) is 0 Å². The largest absolute Gasteiger partial charge is 0.383 e. The normalized spacial score (nSPS) is 12.5. The highest BCUT2D eigenvalue weighted by atomic mass is 19.1. The van der Waals surface area contributed by atoms with Gasteiger partial charge in [0.1, 0.15) is 11.3 Å². The van der Waals surface area contributed by atoms with Crippen LogP contribution in [0.2, 0.25) is 0 Å². The van der Waals surface area contributed by atoms with E-state index in [0.717, 1.165) is 11.2 Å². The van der Waals surface area contributed by atoms with Crippen molar-refractivity contribution in [2.75, 3.05) is 13.7 Å². The highest BCUT2D eigenvalue weighted by Crippen LogP contribution is 2.19. The monoisotopic (exact) mass is 384 g/mol. The van der Waals surface area contributed by atoms with E-state index in [1.54, 1.807) is 42.7 Å². The van der Waals surface area contributed by atoms with Crippen molar-refractivity contribution in [2.45, 2.75) is 39.4 Å². The number of rotatable bonds is 7. The summed E-state index contributed by atoms with van der Waals surface area (Å²) in [4.78, 5) is 23.7. The maximum absolute atomic E-state index is 13.6. The molecule has 28 heavy (non-hydrogen) atoms. The molecular formula is C21H25FN4O2. The first kappa shape index (κ1) is 19.9. The molecule has 0 aliphatic heterocycles. The van der Waals surface area contributed by atoms with Crippen LogP contribution >= 0.6 is 0 Å². The SMILES string of the molecule is COCC(C)N(Cc1cccc(F)c1)C(=O)c1cnc2c(c1)ncn2C(C)C. The average Bonchev–Trinajstić information content (AvgIpc) is 3.09. The fraction of sp³-hybridized carbons (Fsp3) is 0.381. The van der Waals surface area contributed by atoms with Crippen LogP contribution in [0.15, 0.2) is 42.9 Å². The fourth-order valence-electron chi connectivity index (χ4n) is 3.17. The number of aromatic nitrogens is 3. The maximum atomic E-state index is 13.6. The minimum Gasteiger partial charge on any atom is -0.383 e. The second-order valence-corrected chi connectivity index (χ2v) is 7.18. The fourth-order valence-corrected chi connectivity index (χ4v) is 3.17. The summed E-state index contributed by atoms with van der Waals surface area (Å²) < 4.78 is 20.8. The van der Waals surface area contributed by atoms with Crippen LogP contribution in [0.3, 0.4) is 0 Å². The van der Waals surface area contributed by atoms with Crippen molar-refractivity contribution in [3.8, 4) is 0 Å². The topological polar surface area (TPSA) is 60.2 Å². The van der Waals surface area contributed by atoms with E-state index < -0.39 is 0 Å². The van der Waals surface area contributed by atoms with E-state index in [9.17, 15) is 9.18 Å². The second kappa shape index (κ2) is 8.48. The first-order valence-corrected chi connectivity index (χ1v) is 9.27. The molecule has 0 bridgehead atoms. The molecule has 0 spiro atoms. The van der Waals surface area contributed by atoms with E-state index in [1.165, 1.54) is 12.1 Å². The number of fused-ring (bicyclic) bond motifs is 1. The van der Waals surface area contributed by atoms with Crippen LogP contribution in [0.25, 0.3) is 11.2 Å². The number of pyridine rings is 1. The molecule has 0 aliphatic carbocycles. The number of amides is 1. The number of hydrogen-bond acceptors (Lipinski definition) is 4. The van der Waals surface area contributed by atoms with Gasteiger partial charge in [-0.05, 0) is 44.5 Å². The van der Waals surface area contributed by atoms with E-state index in [-0.39, 0.29) is 30.4 Å². The Labute approximate surface area is 164 Å². The zero-order valence-electron chi connectivity index (χ0n) is 16.6. The van der Waals surface area contributed by atoms with Crippen LogP contribution in [0.1, 0.15) is 42.7 Å². The van der Waals surface area contributed by atoms with Gasteiger partial charge < -0.3 is 14.2 Å². The van der Waals surface area contributed by atoms with Crippen LogP contribution in [0, 0.1) is 5.82 Å². The zero-order valence-corrected chi connectivity index (χ0v) is 16.6. The molecule has 2 aromatic heterocycles. The van der Waals surface area contributed by atoms with Gasteiger partial charge in [0.25, 0.3) is 5.91 Å². The molecule has 7 heteroatoms. The highest BCUT2D eigenvalue weighted by Gasteiger charge is 2.23. The molecule has 2 heterocycles. The number of nitrogens with zero attached hydrogens (tertiary/aromatic N) is 4. The lowest BCUT2D eigenvalue weighted by atomic mass is 10.1. The third-order valence-corrected chi connectivity index (χ3v) is 4.66. The Kier molecular flexibility index (Phi) is 6.04. The van der Waals surface area contributed by atoms with Crippen molar-refractivity contribution in [3.05, 3.63) is 59.8 Å². The molecule has 0 saturated carbocycles. The first-order chi connectivity index (χ1) is 13.4. The van der Waals surface area contributed by atoms with Gasteiger partial charge in [-0.25, -0.2) is 14.4 Å². The molecule has 0 aliphatic rings. The third kappa shape index (κ3) is 4.20. The summed E-state index contributed by atoms with van der Waals surface area (Å²) in [5.41, 5.74) is 2.58. The highest BCUT2D eigenvalue weighted by molar-refractivity contribution is 5.96. The van der Waals surface area contributed by atoms with E-state index in [1.807, 2.05) is 11.5 Å². The van der Waals surface area contributed by atoms with E-state index in [2.05, 4.69) is 23.8 Å². The summed E-state index contributed by atoms with van der Waals surface area (Å²) in [6, 6.07) is 8.05. The first-order valence-electron chi connectivity index (χ1n) is 9.27. The summed E-state index contributed by atoms with van der Waals surface area (Å²) in [7, 11) is 1.59. The molecule has 0 saturated heterocycles. The number of ether oxygens (including phenoxy) is 1. The minimum atomic E-state index is -0.327. The Morgan fingerprint density at radius 2 is 2.04 bits per heavy atom. The molecule has 1 aromatic carbocycles. The van der Waals surface area contributed by atoms with Crippen LogP contribution in [0.4, 0.5) is 4.39 Å². The van der Waals surface area contributed by atoms with Crippen molar-refractivity contribution in [2.24, 2.45) is 0 Å². The van der Waals surface area contributed by atoms with Crippen LogP contribution in [-0.4, -0.2) is 45.1 Å². The van der Waals surface area contributed by atoms with Gasteiger partial charge in [-0.15, -0.1) is 0 Å². The van der Waals surface area contributed by atoms with Gasteiger partial charge in [0.15, 0.2) is 5.65 Å². The Morgan fingerprint density at radius 3 is 2.71 bits per heavy atom. The van der Waals surface area contributed by atoms with Gasteiger partial charge in [0, 0.05) is 25.9 Å². The molecule has 0 N–H and O–H groups in total. The maximum Gasteiger partial charge on any atom is 0.256 e. The van der Waals surface area contributed by atoms with Gasteiger partial charge in [-0.3, -0.25) is 4.79 Å². The van der Waals surface area contributed by atoms with Crippen molar-refractivity contribution in [1.29, 1.82) is 0 Å².